The van der Waals surface area contributed by atoms with E-state index >= 15 is 0 Å². The number of benzene rings is 1. The molecular formula is C15H19BrN4O2S. The Bertz CT molecular complexity index is 650. The summed E-state index contributed by atoms with van der Waals surface area (Å²) in [6.07, 6.45) is 0.661. The predicted molar refractivity (Wildman–Crippen MR) is 95.1 cm³/mol. The molecular weight excluding hydrogens is 380 g/mol. The summed E-state index contributed by atoms with van der Waals surface area (Å²) >= 11 is 7.95. The Morgan fingerprint density at radius 3 is 2.70 bits per heavy atom. The van der Waals surface area contributed by atoms with Crippen molar-refractivity contribution < 1.29 is 9.59 Å². The average Bonchev–Trinajstić information content (AvgIpc) is 2.82. The predicted octanol–water partition coefficient (Wildman–Crippen LogP) is 1.41. The van der Waals surface area contributed by atoms with Gasteiger partial charge in [0.1, 0.15) is 17.0 Å². The molecule has 0 aromatic heterocycles. The standard InChI is InChI=1S/C15H19BrN4O2S/c1-18(2)14(22)12-13(19(3)9-21)17-15(23)20(12)8-10-5-4-6-11(16)7-10/h4-7,9,15,17,23H,8H2,1-3H3. The third kappa shape index (κ3) is 3.81. The third-order valence-electron chi connectivity index (χ3n) is 3.43. The second kappa shape index (κ2) is 7.27. The Morgan fingerprint density at radius 1 is 1.43 bits per heavy atom. The molecule has 0 spiro atoms. The SMILES string of the molecule is CN(C)C(=O)C1=C(N(C)C=O)NC(S)N1Cc1cccc(Br)c1. The zero-order valence-electron chi connectivity index (χ0n) is 13.2. The first kappa shape index (κ1) is 17.7. The first-order valence-electron chi connectivity index (χ1n) is 6.95. The van der Waals surface area contributed by atoms with E-state index in [1.807, 2.05) is 29.2 Å². The van der Waals surface area contributed by atoms with Gasteiger partial charge < -0.3 is 20.0 Å². The summed E-state index contributed by atoms with van der Waals surface area (Å²) in [4.78, 5) is 28.4. The highest BCUT2D eigenvalue weighted by atomic mass is 79.9. The number of thiol groups is 1. The van der Waals surface area contributed by atoms with Crippen LogP contribution in [0, 0.1) is 0 Å². The molecule has 1 aromatic carbocycles. The van der Waals surface area contributed by atoms with E-state index < -0.39 is 5.50 Å². The van der Waals surface area contributed by atoms with Crippen molar-refractivity contribution in [3.8, 4) is 0 Å². The van der Waals surface area contributed by atoms with Gasteiger partial charge in [0.25, 0.3) is 5.91 Å². The molecule has 0 radical (unpaired) electrons. The fraction of sp³-hybridized carbons (Fsp3) is 0.333. The second-order valence-corrected chi connectivity index (χ2v) is 6.79. The summed E-state index contributed by atoms with van der Waals surface area (Å²) in [6, 6.07) is 7.84. The largest absolute Gasteiger partial charge is 0.343 e. The van der Waals surface area contributed by atoms with E-state index in [1.165, 1.54) is 9.80 Å². The van der Waals surface area contributed by atoms with Crippen LogP contribution in [0.3, 0.4) is 0 Å². The van der Waals surface area contributed by atoms with Crippen LogP contribution in [0.2, 0.25) is 0 Å². The summed E-state index contributed by atoms with van der Waals surface area (Å²) in [5.74, 6) is 0.265. The molecule has 8 heteroatoms. The van der Waals surface area contributed by atoms with Crippen LogP contribution in [0.25, 0.3) is 0 Å². The number of hydrogen-bond acceptors (Lipinski definition) is 5. The van der Waals surface area contributed by atoms with Crippen LogP contribution in [0.5, 0.6) is 0 Å². The lowest BCUT2D eigenvalue weighted by Gasteiger charge is -2.26. The van der Waals surface area contributed by atoms with Crippen molar-refractivity contribution in [1.82, 2.24) is 20.0 Å². The van der Waals surface area contributed by atoms with Crippen LogP contribution in [0.1, 0.15) is 5.56 Å². The molecule has 1 aliphatic heterocycles. The topological polar surface area (TPSA) is 55.9 Å². The van der Waals surface area contributed by atoms with Crippen LogP contribution in [-0.2, 0) is 16.1 Å². The molecule has 1 atom stereocenters. The maximum Gasteiger partial charge on any atom is 0.273 e. The monoisotopic (exact) mass is 398 g/mol. The quantitative estimate of drug-likeness (QED) is 0.581. The third-order valence-corrected chi connectivity index (χ3v) is 4.34. The van der Waals surface area contributed by atoms with Gasteiger partial charge in [-0.25, -0.2) is 0 Å². The van der Waals surface area contributed by atoms with Crippen molar-refractivity contribution in [2.24, 2.45) is 0 Å². The zero-order chi connectivity index (χ0) is 17.1. The van der Waals surface area contributed by atoms with Crippen LogP contribution in [0.4, 0.5) is 0 Å². The van der Waals surface area contributed by atoms with Crippen molar-refractivity contribution in [3.63, 3.8) is 0 Å². The van der Waals surface area contributed by atoms with Gasteiger partial charge in [-0.15, -0.1) is 12.6 Å². The van der Waals surface area contributed by atoms with Gasteiger partial charge in [-0.2, -0.15) is 0 Å². The maximum absolute atomic E-state index is 12.6. The minimum absolute atomic E-state index is 0.187. The Morgan fingerprint density at radius 2 is 2.13 bits per heavy atom. The molecule has 0 saturated heterocycles. The smallest absolute Gasteiger partial charge is 0.273 e. The van der Waals surface area contributed by atoms with Crippen molar-refractivity contribution in [2.45, 2.75) is 12.0 Å². The van der Waals surface area contributed by atoms with E-state index in [-0.39, 0.29) is 5.91 Å². The molecule has 1 aliphatic rings. The van der Waals surface area contributed by atoms with Crippen molar-refractivity contribution >= 4 is 40.9 Å². The highest BCUT2D eigenvalue weighted by Crippen LogP contribution is 2.27. The molecule has 0 saturated carbocycles. The number of likely N-dealkylation sites (N-methyl/N-ethyl adjacent to an activating group) is 1. The first-order chi connectivity index (χ1) is 10.8. The van der Waals surface area contributed by atoms with Crippen molar-refractivity contribution in [1.29, 1.82) is 0 Å². The van der Waals surface area contributed by atoms with Gasteiger partial charge in [-0.1, -0.05) is 28.1 Å². The van der Waals surface area contributed by atoms with Crippen LogP contribution < -0.4 is 5.32 Å². The van der Waals surface area contributed by atoms with E-state index in [9.17, 15) is 9.59 Å². The number of carbonyl (C=O) groups is 2. The normalized spacial score (nSPS) is 17.1. The number of nitrogens with zero attached hydrogens (tertiary/aromatic N) is 3. The number of amides is 2. The average molecular weight is 399 g/mol. The van der Waals surface area contributed by atoms with Gasteiger partial charge >= 0.3 is 0 Å². The minimum atomic E-state index is -0.398. The molecule has 1 heterocycles. The number of rotatable bonds is 5. The molecule has 0 aliphatic carbocycles. The van der Waals surface area contributed by atoms with Crippen molar-refractivity contribution in [3.05, 3.63) is 45.8 Å². The van der Waals surface area contributed by atoms with E-state index in [2.05, 4.69) is 33.9 Å². The first-order valence-corrected chi connectivity index (χ1v) is 8.26. The Labute approximate surface area is 149 Å². The summed E-state index contributed by atoms with van der Waals surface area (Å²) in [5.41, 5.74) is 1.05. The molecule has 0 fully saturated rings. The summed E-state index contributed by atoms with van der Waals surface area (Å²) in [6.45, 7) is 0.492. The highest BCUT2D eigenvalue weighted by molar-refractivity contribution is 9.10. The molecule has 23 heavy (non-hydrogen) atoms. The molecule has 1 N–H and O–H groups in total. The number of carbonyl (C=O) groups excluding carboxylic acids is 2. The Hall–Kier alpha value is -1.67. The van der Waals surface area contributed by atoms with Gasteiger partial charge in [0.15, 0.2) is 0 Å². The Balaban J connectivity index is 2.40. The zero-order valence-corrected chi connectivity index (χ0v) is 15.6. The summed E-state index contributed by atoms with van der Waals surface area (Å²) < 4.78 is 0.965. The summed E-state index contributed by atoms with van der Waals surface area (Å²) in [5, 5.41) is 3.08. The van der Waals surface area contributed by atoms with E-state index in [1.54, 1.807) is 21.1 Å². The maximum atomic E-state index is 12.6. The summed E-state index contributed by atoms with van der Waals surface area (Å²) in [7, 11) is 4.95. The van der Waals surface area contributed by atoms with Gasteiger partial charge in [0.2, 0.25) is 6.41 Å². The number of halogens is 1. The van der Waals surface area contributed by atoms with Crippen molar-refractivity contribution in [2.75, 3.05) is 21.1 Å². The fourth-order valence-corrected chi connectivity index (χ4v) is 3.05. The molecule has 2 rings (SSSR count). The van der Waals surface area contributed by atoms with Crippen LogP contribution in [0.15, 0.2) is 40.3 Å². The Kier molecular flexibility index (Phi) is 5.59. The number of nitrogens with one attached hydrogen (secondary N) is 1. The molecule has 1 aromatic rings. The van der Waals surface area contributed by atoms with Gasteiger partial charge in [-0.3, -0.25) is 9.59 Å². The van der Waals surface area contributed by atoms with Gasteiger partial charge in [-0.05, 0) is 17.7 Å². The van der Waals surface area contributed by atoms with E-state index in [4.69, 9.17) is 0 Å². The lowest BCUT2D eigenvalue weighted by Crippen LogP contribution is -2.37. The number of hydrogen-bond donors (Lipinski definition) is 2. The lowest BCUT2D eigenvalue weighted by atomic mass is 10.2. The molecule has 0 bridgehead atoms. The van der Waals surface area contributed by atoms with Crippen LogP contribution >= 0.6 is 28.6 Å². The molecule has 2 amide bonds. The molecule has 1 unspecified atom stereocenters. The van der Waals surface area contributed by atoms with E-state index in [0.29, 0.717) is 24.5 Å². The highest BCUT2D eigenvalue weighted by Gasteiger charge is 2.36. The fourth-order valence-electron chi connectivity index (χ4n) is 2.28. The van der Waals surface area contributed by atoms with Crippen LogP contribution in [-0.4, -0.2) is 53.7 Å². The van der Waals surface area contributed by atoms with Gasteiger partial charge in [0, 0.05) is 32.2 Å². The molecule has 6 nitrogen and oxygen atoms in total. The minimum Gasteiger partial charge on any atom is -0.343 e. The van der Waals surface area contributed by atoms with E-state index in [0.717, 1.165) is 10.0 Å². The second-order valence-electron chi connectivity index (χ2n) is 5.39. The molecule has 124 valence electrons. The van der Waals surface area contributed by atoms with Gasteiger partial charge in [0.05, 0.1) is 0 Å². The lowest BCUT2D eigenvalue weighted by molar-refractivity contribution is -0.126.